The SMILES string of the molecule is CCCCCC1CCCC1CCCCC1CCCC1. The van der Waals surface area contributed by atoms with Gasteiger partial charge in [0.2, 0.25) is 0 Å². The Balaban J connectivity index is 1.53. The second-order valence-corrected chi connectivity index (χ2v) is 7.38. The molecule has 0 spiro atoms. The van der Waals surface area contributed by atoms with E-state index in [1.165, 1.54) is 51.4 Å². The molecule has 0 N–H and O–H groups in total. The molecular weight excluding hydrogens is 228 g/mol. The minimum atomic E-state index is 1.11. The van der Waals surface area contributed by atoms with Crippen LogP contribution in [-0.4, -0.2) is 0 Å². The average molecular weight is 264 g/mol. The number of rotatable bonds is 9. The van der Waals surface area contributed by atoms with Gasteiger partial charge in [-0.15, -0.1) is 0 Å². The number of unbranched alkanes of at least 4 members (excludes halogenated alkanes) is 3. The van der Waals surface area contributed by atoms with Gasteiger partial charge in [0.05, 0.1) is 0 Å². The predicted octanol–water partition coefficient (Wildman–Crippen LogP) is 6.73. The van der Waals surface area contributed by atoms with Crippen LogP contribution in [0, 0.1) is 17.8 Å². The predicted molar refractivity (Wildman–Crippen MR) is 85.4 cm³/mol. The smallest absolute Gasteiger partial charge is 0.0386 e. The summed E-state index contributed by atoms with van der Waals surface area (Å²) in [5.41, 5.74) is 0. The molecule has 0 heteroatoms. The third-order valence-corrected chi connectivity index (χ3v) is 5.91. The van der Waals surface area contributed by atoms with Gasteiger partial charge in [0.25, 0.3) is 0 Å². The van der Waals surface area contributed by atoms with Crippen LogP contribution >= 0.6 is 0 Å². The zero-order valence-electron chi connectivity index (χ0n) is 13.3. The summed E-state index contributed by atoms with van der Waals surface area (Å²) in [6, 6.07) is 0. The van der Waals surface area contributed by atoms with E-state index in [0.717, 1.165) is 17.8 Å². The van der Waals surface area contributed by atoms with E-state index in [1.54, 1.807) is 44.9 Å². The van der Waals surface area contributed by atoms with Gasteiger partial charge in [0.15, 0.2) is 0 Å². The van der Waals surface area contributed by atoms with Crippen LogP contribution in [0.4, 0.5) is 0 Å². The van der Waals surface area contributed by atoms with Crippen molar-refractivity contribution in [2.45, 2.75) is 103 Å². The number of hydrogen-bond donors (Lipinski definition) is 0. The fraction of sp³-hybridized carbons (Fsp3) is 1.00. The molecule has 0 aromatic carbocycles. The van der Waals surface area contributed by atoms with Crippen molar-refractivity contribution in [2.24, 2.45) is 17.8 Å². The lowest BCUT2D eigenvalue weighted by Crippen LogP contribution is -2.08. The molecule has 2 unspecified atom stereocenters. The minimum Gasteiger partial charge on any atom is -0.0654 e. The summed E-state index contributed by atoms with van der Waals surface area (Å²) in [5.74, 6) is 3.34. The van der Waals surface area contributed by atoms with Crippen LogP contribution in [0.25, 0.3) is 0 Å². The second-order valence-electron chi connectivity index (χ2n) is 7.38. The third kappa shape index (κ3) is 5.48. The Bertz CT molecular complexity index is 214. The molecule has 0 nitrogen and oxygen atoms in total. The summed E-state index contributed by atoms with van der Waals surface area (Å²) in [5, 5.41) is 0. The van der Waals surface area contributed by atoms with Gasteiger partial charge in [-0.25, -0.2) is 0 Å². The maximum absolute atomic E-state index is 2.33. The van der Waals surface area contributed by atoms with Crippen molar-refractivity contribution in [3.05, 3.63) is 0 Å². The average Bonchev–Trinajstić information content (AvgIpc) is 3.06. The van der Waals surface area contributed by atoms with E-state index in [0.29, 0.717) is 0 Å². The molecule has 0 heterocycles. The summed E-state index contributed by atoms with van der Waals surface area (Å²) in [7, 11) is 0. The summed E-state index contributed by atoms with van der Waals surface area (Å²) in [6.07, 6.45) is 22.8. The molecule has 2 saturated carbocycles. The quantitative estimate of drug-likeness (QED) is 0.405. The normalized spacial score (nSPS) is 28.3. The first-order chi connectivity index (χ1) is 9.40. The van der Waals surface area contributed by atoms with Crippen molar-refractivity contribution in [1.29, 1.82) is 0 Å². The van der Waals surface area contributed by atoms with Gasteiger partial charge in [0, 0.05) is 0 Å². The summed E-state index contributed by atoms with van der Waals surface area (Å²) in [6.45, 7) is 2.33. The zero-order chi connectivity index (χ0) is 13.3. The van der Waals surface area contributed by atoms with E-state index in [9.17, 15) is 0 Å². The molecular formula is C19H36. The van der Waals surface area contributed by atoms with Crippen molar-refractivity contribution in [3.8, 4) is 0 Å². The third-order valence-electron chi connectivity index (χ3n) is 5.91. The minimum absolute atomic E-state index is 1.11. The highest BCUT2D eigenvalue weighted by Gasteiger charge is 2.26. The van der Waals surface area contributed by atoms with Crippen molar-refractivity contribution < 1.29 is 0 Å². The van der Waals surface area contributed by atoms with Crippen molar-refractivity contribution >= 4 is 0 Å². The van der Waals surface area contributed by atoms with Crippen molar-refractivity contribution in [3.63, 3.8) is 0 Å². The monoisotopic (exact) mass is 264 g/mol. The van der Waals surface area contributed by atoms with E-state index in [1.807, 2.05) is 0 Å². The molecule has 2 atom stereocenters. The maximum atomic E-state index is 2.33. The Hall–Kier alpha value is 0. The van der Waals surface area contributed by atoms with Crippen molar-refractivity contribution in [1.82, 2.24) is 0 Å². The molecule has 0 radical (unpaired) electrons. The van der Waals surface area contributed by atoms with Crippen molar-refractivity contribution in [2.75, 3.05) is 0 Å². The van der Waals surface area contributed by atoms with Gasteiger partial charge >= 0.3 is 0 Å². The first kappa shape index (κ1) is 15.4. The first-order valence-corrected chi connectivity index (χ1v) is 9.40. The van der Waals surface area contributed by atoms with E-state index < -0.39 is 0 Å². The van der Waals surface area contributed by atoms with Gasteiger partial charge in [-0.1, -0.05) is 103 Å². The molecule has 2 fully saturated rings. The van der Waals surface area contributed by atoms with Gasteiger partial charge in [-0.05, 0) is 17.8 Å². The molecule has 19 heavy (non-hydrogen) atoms. The van der Waals surface area contributed by atoms with Gasteiger partial charge in [-0.3, -0.25) is 0 Å². The molecule has 0 aromatic rings. The van der Waals surface area contributed by atoms with E-state index in [2.05, 4.69) is 6.92 Å². The van der Waals surface area contributed by atoms with Crippen LogP contribution < -0.4 is 0 Å². The Kier molecular flexibility index (Phi) is 7.32. The van der Waals surface area contributed by atoms with Crippen LogP contribution in [-0.2, 0) is 0 Å². The second kappa shape index (κ2) is 9.03. The zero-order valence-corrected chi connectivity index (χ0v) is 13.3. The van der Waals surface area contributed by atoms with Gasteiger partial charge < -0.3 is 0 Å². The number of hydrogen-bond acceptors (Lipinski definition) is 0. The topological polar surface area (TPSA) is 0 Å². The standard InChI is InChI=1S/C19H36/c1-2-3-4-13-18-15-9-16-19(18)14-8-7-12-17-10-5-6-11-17/h17-19H,2-16H2,1H3. The lowest BCUT2D eigenvalue weighted by atomic mass is 9.86. The molecule has 2 rings (SSSR count). The Labute approximate surface area is 121 Å². The lowest BCUT2D eigenvalue weighted by Gasteiger charge is -2.19. The molecule has 2 aliphatic carbocycles. The fourth-order valence-corrected chi connectivity index (χ4v) is 4.67. The summed E-state index contributed by atoms with van der Waals surface area (Å²) >= 11 is 0. The van der Waals surface area contributed by atoms with Crippen LogP contribution in [0.1, 0.15) is 103 Å². The summed E-state index contributed by atoms with van der Waals surface area (Å²) < 4.78 is 0. The van der Waals surface area contributed by atoms with E-state index in [-0.39, 0.29) is 0 Å². The van der Waals surface area contributed by atoms with Gasteiger partial charge in [0.1, 0.15) is 0 Å². The largest absolute Gasteiger partial charge is 0.0654 e. The highest BCUT2D eigenvalue weighted by Crippen LogP contribution is 2.39. The molecule has 112 valence electrons. The molecule has 0 saturated heterocycles. The first-order valence-electron chi connectivity index (χ1n) is 9.40. The van der Waals surface area contributed by atoms with Gasteiger partial charge in [-0.2, -0.15) is 0 Å². The highest BCUT2D eigenvalue weighted by atomic mass is 14.3. The molecule has 0 amide bonds. The molecule has 0 bridgehead atoms. The molecule has 0 aliphatic heterocycles. The van der Waals surface area contributed by atoms with Crippen LogP contribution in [0.15, 0.2) is 0 Å². The Morgan fingerprint density at radius 3 is 1.84 bits per heavy atom. The van der Waals surface area contributed by atoms with Crippen LogP contribution in [0.5, 0.6) is 0 Å². The van der Waals surface area contributed by atoms with E-state index in [4.69, 9.17) is 0 Å². The van der Waals surface area contributed by atoms with E-state index >= 15 is 0 Å². The maximum Gasteiger partial charge on any atom is -0.0386 e. The lowest BCUT2D eigenvalue weighted by molar-refractivity contribution is 0.319. The molecule has 0 aromatic heterocycles. The fourth-order valence-electron chi connectivity index (χ4n) is 4.67. The molecule has 2 aliphatic rings. The van der Waals surface area contributed by atoms with Crippen LogP contribution in [0.3, 0.4) is 0 Å². The Morgan fingerprint density at radius 2 is 1.21 bits per heavy atom. The Morgan fingerprint density at radius 1 is 0.632 bits per heavy atom. The summed E-state index contributed by atoms with van der Waals surface area (Å²) in [4.78, 5) is 0. The highest BCUT2D eigenvalue weighted by molar-refractivity contribution is 4.78. The van der Waals surface area contributed by atoms with Crippen LogP contribution in [0.2, 0.25) is 0 Å².